The fourth-order valence-electron chi connectivity index (χ4n) is 1.94. The number of hydrogen-bond donors (Lipinski definition) is 1. The largest absolute Gasteiger partial charge is 0.491 e. The molecule has 7 heteroatoms. The molecule has 0 aliphatic carbocycles. The molecule has 0 fully saturated rings. The predicted octanol–water partition coefficient (Wildman–Crippen LogP) is 5.40. The molecule has 128 valence electrons. The molecule has 0 aliphatic heterocycles. The number of rotatable bonds is 5. The second-order valence-corrected chi connectivity index (χ2v) is 5.45. The smallest absolute Gasteiger partial charge is 0.416 e. The minimum absolute atomic E-state index is 0.0294. The lowest BCUT2D eigenvalue weighted by molar-refractivity contribution is -0.137. The molecule has 24 heavy (non-hydrogen) atoms. The number of amides is 1. The third-order valence-corrected chi connectivity index (χ3v) is 3.38. The second kappa shape index (κ2) is 7.57. The molecular formula is C17H15ClF3NO2. The van der Waals surface area contributed by atoms with Gasteiger partial charge < -0.3 is 10.1 Å². The van der Waals surface area contributed by atoms with Crippen molar-refractivity contribution in [2.24, 2.45) is 0 Å². The van der Waals surface area contributed by atoms with Gasteiger partial charge in [0.2, 0.25) is 0 Å². The number of anilines is 1. The Morgan fingerprint density at radius 1 is 1.17 bits per heavy atom. The fourth-order valence-corrected chi connectivity index (χ4v) is 2.06. The quantitative estimate of drug-likeness (QED) is 0.778. The summed E-state index contributed by atoms with van der Waals surface area (Å²) in [7, 11) is 0. The van der Waals surface area contributed by atoms with Crippen molar-refractivity contribution in [2.45, 2.75) is 19.5 Å². The van der Waals surface area contributed by atoms with Crippen LogP contribution in [0.15, 0.2) is 42.5 Å². The Labute approximate surface area is 142 Å². The maximum Gasteiger partial charge on any atom is 0.416 e. The minimum atomic E-state index is -4.51. The number of benzene rings is 2. The molecule has 2 aromatic rings. The number of halogens is 4. The number of carbonyl (C=O) groups excluding carboxylic acids is 1. The Balaban J connectivity index is 2.30. The average Bonchev–Trinajstić information content (AvgIpc) is 2.53. The van der Waals surface area contributed by atoms with Gasteiger partial charge >= 0.3 is 6.18 Å². The van der Waals surface area contributed by atoms with E-state index in [1.54, 1.807) is 0 Å². The van der Waals surface area contributed by atoms with Crippen LogP contribution in [0.1, 0.15) is 29.3 Å². The molecule has 0 heterocycles. The monoisotopic (exact) mass is 357 g/mol. The van der Waals surface area contributed by atoms with Crippen LogP contribution < -0.4 is 10.1 Å². The zero-order valence-electron chi connectivity index (χ0n) is 12.8. The summed E-state index contributed by atoms with van der Waals surface area (Å²) in [6, 6.07) is 9.00. The van der Waals surface area contributed by atoms with Crippen molar-refractivity contribution in [2.75, 3.05) is 11.9 Å². The van der Waals surface area contributed by atoms with Crippen LogP contribution in [0.2, 0.25) is 5.02 Å². The van der Waals surface area contributed by atoms with Gasteiger partial charge in [-0.05, 0) is 48.9 Å². The van der Waals surface area contributed by atoms with Crippen molar-refractivity contribution in [3.8, 4) is 5.75 Å². The summed E-state index contributed by atoms with van der Waals surface area (Å²) in [5.41, 5.74) is -0.616. The molecule has 0 aromatic heterocycles. The minimum Gasteiger partial charge on any atom is -0.491 e. The molecule has 0 atom stereocenters. The highest BCUT2D eigenvalue weighted by molar-refractivity contribution is 6.30. The number of ether oxygens (including phenoxy) is 1. The van der Waals surface area contributed by atoms with Crippen LogP contribution in [-0.4, -0.2) is 12.5 Å². The van der Waals surface area contributed by atoms with Gasteiger partial charge in [-0.25, -0.2) is 0 Å². The van der Waals surface area contributed by atoms with Gasteiger partial charge in [0.25, 0.3) is 5.91 Å². The van der Waals surface area contributed by atoms with E-state index in [9.17, 15) is 18.0 Å². The lowest BCUT2D eigenvalue weighted by atomic mass is 10.1. The number of hydrogen-bond acceptors (Lipinski definition) is 2. The van der Waals surface area contributed by atoms with E-state index < -0.39 is 17.6 Å². The molecule has 0 radical (unpaired) electrons. The number of alkyl halides is 3. The molecule has 1 N–H and O–H groups in total. The van der Waals surface area contributed by atoms with E-state index in [1.807, 2.05) is 6.92 Å². The van der Waals surface area contributed by atoms with Gasteiger partial charge in [0.15, 0.2) is 0 Å². The van der Waals surface area contributed by atoms with Crippen LogP contribution in [0.3, 0.4) is 0 Å². The Bertz CT molecular complexity index is 715. The van der Waals surface area contributed by atoms with Crippen LogP contribution in [0, 0.1) is 0 Å². The van der Waals surface area contributed by atoms with Gasteiger partial charge in [-0.1, -0.05) is 18.5 Å². The van der Waals surface area contributed by atoms with Crippen molar-refractivity contribution in [3.63, 3.8) is 0 Å². The molecule has 2 rings (SSSR count). The van der Waals surface area contributed by atoms with Gasteiger partial charge in [0.1, 0.15) is 5.75 Å². The first kappa shape index (κ1) is 18.1. The van der Waals surface area contributed by atoms with Crippen LogP contribution in [0.5, 0.6) is 5.75 Å². The molecule has 0 saturated carbocycles. The SMILES string of the molecule is CCCOc1ccc(C(F)(F)F)cc1NC(=O)c1ccc(Cl)cc1. The summed E-state index contributed by atoms with van der Waals surface area (Å²) in [5, 5.41) is 2.92. The van der Waals surface area contributed by atoms with E-state index in [-0.39, 0.29) is 17.0 Å². The maximum absolute atomic E-state index is 12.9. The van der Waals surface area contributed by atoms with Crippen LogP contribution in [-0.2, 0) is 6.18 Å². The van der Waals surface area contributed by atoms with Crippen molar-refractivity contribution in [1.29, 1.82) is 0 Å². The normalized spacial score (nSPS) is 11.2. The van der Waals surface area contributed by atoms with Crippen LogP contribution >= 0.6 is 11.6 Å². The van der Waals surface area contributed by atoms with Crippen molar-refractivity contribution < 1.29 is 22.7 Å². The maximum atomic E-state index is 12.9. The van der Waals surface area contributed by atoms with E-state index in [0.29, 0.717) is 18.1 Å². The van der Waals surface area contributed by atoms with Crippen molar-refractivity contribution in [1.82, 2.24) is 0 Å². The molecule has 2 aromatic carbocycles. The zero-order chi connectivity index (χ0) is 17.7. The summed E-state index contributed by atoms with van der Waals surface area (Å²) in [5.74, 6) is -0.362. The van der Waals surface area contributed by atoms with Crippen LogP contribution in [0.4, 0.5) is 18.9 Å². The summed E-state index contributed by atoms with van der Waals surface area (Å²) >= 11 is 5.75. The highest BCUT2D eigenvalue weighted by Gasteiger charge is 2.31. The molecule has 0 unspecified atom stereocenters. The first-order chi connectivity index (χ1) is 11.3. The lowest BCUT2D eigenvalue weighted by Crippen LogP contribution is -2.14. The number of carbonyl (C=O) groups is 1. The summed E-state index contributed by atoms with van der Waals surface area (Å²) in [6.07, 6.45) is -3.82. The second-order valence-electron chi connectivity index (χ2n) is 5.02. The topological polar surface area (TPSA) is 38.3 Å². The van der Waals surface area contributed by atoms with E-state index >= 15 is 0 Å². The molecule has 0 bridgehead atoms. The van der Waals surface area contributed by atoms with E-state index in [1.165, 1.54) is 30.3 Å². The molecule has 0 spiro atoms. The zero-order valence-corrected chi connectivity index (χ0v) is 13.5. The Kier molecular flexibility index (Phi) is 5.72. The standard InChI is InChI=1S/C17H15ClF3NO2/c1-2-9-24-15-8-5-12(17(19,20)21)10-14(15)22-16(23)11-3-6-13(18)7-4-11/h3-8,10H,2,9H2,1H3,(H,22,23). The number of nitrogens with one attached hydrogen (secondary N) is 1. The van der Waals surface area contributed by atoms with Gasteiger partial charge in [-0.15, -0.1) is 0 Å². The van der Waals surface area contributed by atoms with Gasteiger partial charge in [0.05, 0.1) is 17.9 Å². The fraction of sp³-hybridized carbons (Fsp3) is 0.235. The Morgan fingerprint density at radius 3 is 2.42 bits per heavy atom. The summed E-state index contributed by atoms with van der Waals surface area (Å²) < 4.78 is 44.1. The summed E-state index contributed by atoms with van der Waals surface area (Å²) in [4.78, 5) is 12.2. The molecule has 1 amide bonds. The van der Waals surface area contributed by atoms with Crippen LogP contribution in [0.25, 0.3) is 0 Å². The highest BCUT2D eigenvalue weighted by atomic mass is 35.5. The summed E-state index contributed by atoms with van der Waals surface area (Å²) in [6.45, 7) is 2.20. The Morgan fingerprint density at radius 2 is 1.83 bits per heavy atom. The first-order valence-corrected chi connectivity index (χ1v) is 7.60. The average molecular weight is 358 g/mol. The van der Waals surface area contributed by atoms with Gasteiger partial charge in [0, 0.05) is 10.6 Å². The molecule has 0 aliphatic rings. The molecular weight excluding hydrogens is 343 g/mol. The van der Waals surface area contributed by atoms with Gasteiger partial charge in [-0.3, -0.25) is 4.79 Å². The van der Waals surface area contributed by atoms with E-state index in [4.69, 9.17) is 16.3 Å². The first-order valence-electron chi connectivity index (χ1n) is 7.22. The van der Waals surface area contributed by atoms with Crippen molar-refractivity contribution >= 4 is 23.2 Å². The van der Waals surface area contributed by atoms with Crippen molar-refractivity contribution in [3.05, 3.63) is 58.6 Å². The molecule has 0 saturated heterocycles. The highest BCUT2D eigenvalue weighted by Crippen LogP contribution is 2.35. The van der Waals surface area contributed by atoms with E-state index in [2.05, 4.69) is 5.32 Å². The third kappa shape index (κ3) is 4.64. The Hall–Kier alpha value is -2.21. The van der Waals surface area contributed by atoms with E-state index in [0.717, 1.165) is 12.1 Å². The lowest BCUT2D eigenvalue weighted by Gasteiger charge is -2.15. The third-order valence-electron chi connectivity index (χ3n) is 3.12. The predicted molar refractivity (Wildman–Crippen MR) is 86.6 cm³/mol. The van der Waals surface area contributed by atoms with Gasteiger partial charge in [-0.2, -0.15) is 13.2 Å². The molecule has 3 nitrogen and oxygen atoms in total.